The molecule has 0 spiro atoms. The number of pyridine rings is 1. The van der Waals surface area contributed by atoms with Crippen molar-refractivity contribution in [1.82, 2.24) is 4.40 Å². The van der Waals surface area contributed by atoms with Crippen LogP contribution < -0.4 is 0 Å². The second kappa shape index (κ2) is 3.24. The van der Waals surface area contributed by atoms with Crippen molar-refractivity contribution in [2.24, 2.45) is 0 Å². The van der Waals surface area contributed by atoms with Crippen LogP contribution in [0.1, 0.15) is 5.56 Å². The Hall–Kier alpha value is -1.54. The molecule has 2 heteroatoms. The highest BCUT2D eigenvalue weighted by Crippen LogP contribution is 2.26. The number of thiophene rings is 1. The van der Waals surface area contributed by atoms with Crippen molar-refractivity contribution in [3.8, 4) is 10.4 Å². The van der Waals surface area contributed by atoms with Gasteiger partial charge in [-0.3, -0.25) is 0 Å². The number of nitrogens with zero attached hydrogens (tertiary/aromatic N) is 1. The predicted octanol–water partition coefficient (Wildman–Crippen LogP) is 3.98. The number of fused-ring (bicyclic) bond motifs is 1. The van der Waals surface area contributed by atoms with Crippen LogP contribution in [0.2, 0.25) is 0 Å². The van der Waals surface area contributed by atoms with Crippen LogP contribution in [0.25, 0.3) is 16.0 Å². The first kappa shape index (κ1) is 8.74. The Labute approximate surface area is 92.6 Å². The summed E-state index contributed by atoms with van der Waals surface area (Å²) in [6.45, 7) is 2.12. The van der Waals surface area contributed by atoms with Gasteiger partial charge in [0.05, 0.1) is 0 Å². The topological polar surface area (TPSA) is 4.41 Å². The van der Waals surface area contributed by atoms with Crippen LogP contribution in [0.5, 0.6) is 0 Å². The van der Waals surface area contributed by atoms with Crippen molar-refractivity contribution in [2.45, 2.75) is 6.92 Å². The van der Waals surface area contributed by atoms with Crippen molar-refractivity contribution in [3.05, 3.63) is 53.7 Å². The van der Waals surface area contributed by atoms with Crippen LogP contribution in [-0.4, -0.2) is 4.40 Å². The van der Waals surface area contributed by atoms with Crippen molar-refractivity contribution < 1.29 is 0 Å². The lowest BCUT2D eigenvalue weighted by atomic mass is 10.2. The molecule has 0 atom stereocenters. The molecule has 0 bridgehead atoms. The van der Waals surface area contributed by atoms with E-state index in [4.69, 9.17) is 0 Å². The zero-order valence-electron chi connectivity index (χ0n) is 8.47. The van der Waals surface area contributed by atoms with Gasteiger partial charge < -0.3 is 4.40 Å². The van der Waals surface area contributed by atoms with Gasteiger partial charge in [0.25, 0.3) is 0 Å². The molecular formula is C13H11NS. The fourth-order valence-electron chi connectivity index (χ4n) is 1.80. The molecule has 3 aromatic rings. The van der Waals surface area contributed by atoms with Crippen molar-refractivity contribution in [2.75, 3.05) is 0 Å². The molecule has 0 unspecified atom stereocenters. The highest BCUT2D eigenvalue weighted by atomic mass is 32.1. The Balaban J connectivity index is 2.22. The van der Waals surface area contributed by atoms with E-state index < -0.39 is 0 Å². The standard InChI is InChI=1S/C13H11NS/c1-10-4-5-14-9-11(8-12(14)7-10)13-3-2-6-15-13/h2-9H,1H3. The van der Waals surface area contributed by atoms with E-state index in [9.17, 15) is 0 Å². The summed E-state index contributed by atoms with van der Waals surface area (Å²) in [7, 11) is 0. The summed E-state index contributed by atoms with van der Waals surface area (Å²) < 4.78 is 2.17. The van der Waals surface area contributed by atoms with E-state index in [1.807, 2.05) is 0 Å². The summed E-state index contributed by atoms with van der Waals surface area (Å²) in [5, 5.41) is 2.11. The molecule has 3 rings (SSSR count). The molecule has 0 fully saturated rings. The lowest BCUT2D eigenvalue weighted by molar-refractivity contribution is 1.19. The minimum Gasteiger partial charge on any atom is -0.323 e. The Kier molecular flexibility index (Phi) is 1.89. The molecule has 74 valence electrons. The number of hydrogen-bond acceptors (Lipinski definition) is 1. The van der Waals surface area contributed by atoms with E-state index in [0.29, 0.717) is 0 Å². The quantitative estimate of drug-likeness (QED) is 0.576. The maximum atomic E-state index is 2.23. The number of aromatic nitrogens is 1. The van der Waals surface area contributed by atoms with Gasteiger partial charge in [-0.1, -0.05) is 6.07 Å². The molecule has 0 radical (unpaired) electrons. The molecule has 3 heterocycles. The maximum absolute atomic E-state index is 2.23. The second-order valence-electron chi connectivity index (χ2n) is 3.74. The molecule has 0 saturated carbocycles. The number of aryl methyl sites for hydroxylation is 1. The van der Waals surface area contributed by atoms with E-state index in [1.165, 1.54) is 21.5 Å². The van der Waals surface area contributed by atoms with Gasteiger partial charge in [0.2, 0.25) is 0 Å². The zero-order chi connectivity index (χ0) is 10.3. The molecule has 0 aliphatic rings. The predicted molar refractivity (Wildman–Crippen MR) is 65.4 cm³/mol. The first-order valence-electron chi connectivity index (χ1n) is 4.95. The van der Waals surface area contributed by atoms with Crippen LogP contribution in [0, 0.1) is 6.92 Å². The lowest BCUT2D eigenvalue weighted by Gasteiger charge is -1.94. The summed E-state index contributed by atoms with van der Waals surface area (Å²) in [5.74, 6) is 0. The van der Waals surface area contributed by atoms with Crippen molar-refractivity contribution in [1.29, 1.82) is 0 Å². The third-order valence-electron chi connectivity index (χ3n) is 2.56. The molecular weight excluding hydrogens is 202 g/mol. The number of rotatable bonds is 1. The van der Waals surface area contributed by atoms with E-state index >= 15 is 0 Å². The van der Waals surface area contributed by atoms with E-state index in [-0.39, 0.29) is 0 Å². The minimum absolute atomic E-state index is 1.26. The van der Waals surface area contributed by atoms with E-state index in [0.717, 1.165) is 0 Å². The normalized spacial score (nSPS) is 11.0. The second-order valence-corrected chi connectivity index (χ2v) is 4.69. The third-order valence-corrected chi connectivity index (χ3v) is 3.48. The average Bonchev–Trinajstić information content (AvgIpc) is 2.84. The minimum atomic E-state index is 1.26. The number of hydrogen-bond donors (Lipinski definition) is 0. The SMILES string of the molecule is Cc1ccn2cc(-c3cccs3)cc2c1. The molecule has 0 saturated heterocycles. The molecule has 0 aliphatic carbocycles. The Morgan fingerprint density at radius 2 is 2.13 bits per heavy atom. The van der Waals surface area contributed by atoms with E-state index in [1.54, 1.807) is 11.3 Å². The van der Waals surface area contributed by atoms with Gasteiger partial charge in [0.15, 0.2) is 0 Å². The smallest absolute Gasteiger partial charge is 0.0459 e. The van der Waals surface area contributed by atoms with Gasteiger partial charge in [0, 0.05) is 28.4 Å². The Morgan fingerprint density at radius 3 is 2.93 bits per heavy atom. The van der Waals surface area contributed by atoms with Crippen LogP contribution >= 0.6 is 11.3 Å². The maximum Gasteiger partial charge on any atom is 0.0459 e. The van der Waals surface area contributed by atoms with Gasteiger partial charge in [-0.05, 0) is 42.1 Å². The molecule has 0 aromatic carbocycles. The monoisotopic (exact) mass is 213 g/mol. The molecule has 0 amide bonds. The fourth-order valence-corrected chi connectivity index (χ4v) is 2.51. The fraction of sp³-hybridized carbons (Fsp3) is 0.0769. The summed E-state index contributed by atoms with van der Waals surface area (Å²) >= 11 is 1.78. The first-order valence-corrected chi connectivity index (χ1v) is 5.83. The summed E-state index contributed by atoms with van der Waals surface area (Å²) in [6.07, 6.45) is 4.29. The third kappa shape index (κ3) is 1.47. The molecule has 0 aliphatic heterocycles. The Morgan fingerprint density at radius 1 is 1.20 bits per heavy atom. The van der Waals surface area contributed by atoms with Crippen molar-refractivity contribution in [3.63, 3.8) is 0 Å². The van der Waals surface area contributed by atoms with Crippen molar-refractivity contribution >= 4 is 16.9 Å². The van der Waals surface area contributed by atoms with Crippen LogP contribution in [-0.2, 0) is 0 Å². The van der Waals surface area contributed by atoms with Crippen LogP contribution in [0.15, 0.2) is 48.1 Å². The summed E-state index contributed by atoms with van der Waals surface area (Å²) in [4.78, 5) is 1.33. The van der Waals surface area contributed by atoms with Gasteiger partial charge >= 0.3 is 0 Å². The molecule has 1 nitrogen and oxygen atoms in total. The zero-order valence-corrected chi connectivity index (χ0v) is 9.29. The van der Waals surface area contributed by atoms with Crippen LogP contribution in [0.3, 0.4) is 0 Å². The van der Waals surface area contributed by atoms with Gasteiger partial charge in [-0.15, -0.1) is 11.3 Å². The van der Waals surface area contributed by atoms with E-state index in [2.05, 4.69) is 59.4 Å². The summed E-state index contributed by atoms with van der Waals surface area (Å²) in [6, 6.07) is 10.8. The summed E-state index contributed by atoms with van der Waals surface area (Å²) in [5.41, 5.74) is 3.87. The Bertz CT molecular complexity index is 590. The van der Waals surface area contributed by atoms with Gasteiger partial charge in [-0.25, -0.2) is 0 Å². The largest absolute Gasteiger partial charge is 0.323 e. The van der Waals surface area contributed by atoms with Gasteiger partial charge in [0.1, 0.15) is 0 Å². The molecule has 3 aromatic heterocycles. The molecule has 0 N–H and O–H groups in total. The first-order chi connectivity index (χ1) is 7.33. The highest BCUT2D eigenvalue weighted by molar-refractivity contribution is 7.13. The lowest BCUT2D eigenvalue weighted by Crippen LogP contribution is -1.80. The van der Waals surface area contributed by atoms with Gasteiger partial charge in [-0.2, -0.15) is 0 Å². The molecule has 15 heavy (non-hydrogen) atoms. The average molecular weight is 213 g/mol. The van der Waals surface area contributed by atoms with Crippen LogP contribution in [0.4, 0.5) is 0 Å². The highest BCUT2D eigenvalue weighted by Gasteiger charge is 2.02.